The number of hydrogen-bond donors (Lipinski definition) is 0. The summed E-state index contributed by atoms with van der Waals surface area (Å²) in [4.78, 5) is 11.5. The maximum atomic E-state index is 11.5. The Hall–Kier alpha value is -2.29. The molecule has 0 bridgehead atoms. The van der Waals surface area contributed by atoms with Gasteiger partial charge in [-0.1, -0.05) is 37.6 Å². The Morgan fingerprint density at radius 3 is 2.45 bits per heavy atom. The molecule has 0 aliphatic carbocycles. The first-order valence-electron chi connectivity index (χ1n) is 7.55. The van der Waals surface area contributed by atoms with Crippen LogP contribution in [0, 0.1) is 6.92 Å². The first-order valence-corrected chi connectivity index (χ1v) is 7.55. The number of carbonyl (C=O) groups is 1. The molecule has 0 N–H and O–H groups in total. The van der Waals surface area contributed by atoms with Crippen molar-refractivity contribution in [3.8, 4) is 5.75 Å². The van der Waals surface area contributed by atoms with Crippen molar-refractivity contribution < 1.29 is 14.3 Å². The van der Waals surface area contributed by atoms with Gasteiger partial charge in [-0.05, 0) is 48.7 Å². The third-order valence-electron chi connectivity index (χ3n) is 3.52. The highest BCUT2D eigenvalue weighted by Gasteiger charge is 2.14. The van der Waals surface area contributed by atoms with Gasteiger partial charge in [-0.25, -0.2) is 4.79 Å². The summed E-state index contributed by atoms with van der Waals surface area (Å²) in [6, 6.07) is 15.5. The van der Waals surface area contributed by atoms with Gasteiger partial charge in [0.1, 0.15) is 11.9 Å². The molecular weight excluding hydrogens is 276 g/mol. The predicted molar refractivity (Wildman–Crippen MR) is 87.2 cm³/mol. The summed E-state index contributed by atoms with van der Waals surface area (Å²) in [6.45, 7) is 4.18. The third kappa shape index (κ3) is 4.10. The lowest BCUT2D eigenvalue weighted by molar-refractivity contribution is 0.0600. The largest absolute Gasteiger partial charge is 0.486 e. The average molecular weight is 298 g/mol. The van der Waals surface area contributed by atoms with Crippen molar-refractivity contribution in [2.45, 2.75) is 32.8 Å². The zero-order valence-electron chi connectivity index (χ0n) is 13.3. The monoisotopic (exact) mass is 298 g/mol. The Bertz CT molecular complexity index is 617. The van der Waals surface area contributed by atoms with E-state index >= 15 is 0 Å². The fourth-order valence-electron chi connectivity index (χ4n) is 2.36. The minimum Gasteiger partial charge on any atom is -0.486 e. The predicted octanol–water partition coefficient (Wildman–Crippen LogP) is 4.70. The highest BCUT2D eigenvalue weighted by Crippen LogP contribution is 2.26. The molecule has 2 aromatic carbocycles. The van der Waals surface area contributed by atoms with E-state index in [2.05, 4.69) is 6.92 Å². The molecule has 0 heterocycles. The van der Waals surface area contributed by atoms with Crippen molar-refractivity contribution in [1.29, 1.82) is 0 Å². The number of esters is 1. The van der Waals surface area contributed by atoms with Gasteiger partial charge in [0.25, 0.3) is 0 Å². The highest BCUT2D eigenvalue weighted by atomic mass is 16.5. The molecular formula is C19H22O3. The molecule has 0 aliphatic rings. The Balaban J connectivity index is 2.18. The van der Waals surface area contributed by atoms with Gasteiger partial charge in [-0.2, -0.15) is 0 Å². The zero-order valence-corrected chi connectivity index (χ0v) is 13.3. The minimum absolute atomic E-state index is 0.0153. The summed E-state index contributed by atoms with van der Waals surface area (Å²) in [5, 5.41) is 0. The fraction of sp³-hybridized carbons (Fsp3) is 0.316. The van der Waals surface area contributed by atoms with Gasteiger partial charge in [0, 0.05) is 0 Å². The molecule has 22 heavy (non-hydrogen) atoms. The molecule has 1 atom stereocenters. The van der Waals surface area contributed by atoms with Gasteiger partial charge < -0.3 is 9.47 Å². The van der Waals surface area contributed by atoms with E-state index in [1.54, 1.807) is 12.1 Å². The van der Waals surface area contributed by atoms with Gasteiger partial charge in [0.2, 0.25) is 0 Å². The van der Waals surface area contributed by atoms with Crippen LogP contribution in [0.3, 0.4) is 0 Å². The Morgan fingerprint density at radius 1 is 1.14 bits per heavy atom. The molecule has 1 unspecified atom stereocenters. The second kappa shape index (κ2) is 7.64. The number of ether oxygens (including phenoxy) is 2. The second-order valence-corrected chi connectivity index (χ2v) is 5.33. The van der Waals surface area contributed by atoms with E-state index < -0.39 is 0 Å². The van der Waals surface area contributed by atoms with Crippen LogP contribution in [0.1, 0.15) is 47.4 Å². The summed E-state index contributed by atoms with van der Waals surface area (Å²) in [7, 11) is 1.39. The molecule has 3 nitrogen and oxygen atoms in total. The lowest BCUT2D eigenvalue weighted by atomic mass is 10.0. The van der Waals surface area contributed by atoms with E-state index in [1.165, 1.54) is 12.7 Å². The smallest absolute Gasteiger partial charge is 0.337 e. The molecule has 3 heteroatoms. The van der Waals surface area contributed by atoms with E-state index in [9.17, 15) is 4.79 Å². The van der Waals surface area contributed by atoms with Crippen molar-refractivity contribution in [1.82, 2.24) is 0 Å². The lowest BCUT2D eigenvalue weighted by Gasteiger charge is -2.19. The van der Waals surface area contributed by atoms with Crippen LogP contribution in [0.4, 0.5) is 0 Å². The van der Waals surface area contributed by atoms with Crippen LogP contribution in [-0.2, 0) is 4.74 Å². The summed E-state index contributed by atoms with van der Waals surface area (Å²) >= 11 is 0. The Labute approximate surface area is 131 Å². The number of hydrogen-bond acceptors (Lipinski definition) is 3. The summed E-state index contributed by atoms with van der Waals surface area (Å²) in [5.41, 5.74) is 2.79. The molecule has 0 saturated heterocycles. The number of methoxy groups -OCH3 is 1. The zero-order chi connectivity index (χ0) is 15.9. The van der Waals surface area contributed by atoms with Crippen LogP contribution in [0.25, 0.3) is 0 Å². The summed E-state index contributed by atoms with van der Waals surface area (Å²) < 4.78 is 10.9. The molecule has 0 spiro atoms. The molecule has 0 saturated carbocycles. The third-order valence-corrected chi connectivity index (χ3v) is 3.52. The number of benzene rings is 2. The van der Waals surface area contributed by atoms with Crippen molar-refractivity contribution in [3.63, 3.8) is 0 Å². The normalized spacial score (nSPS) is 11.8. The topological polar surface area (TPSA) is 35.5 Å². The van der Waals surface area contributed by atoms with Crippen molar-refractivity contribution >= 4 is 5.97 Å². The van der Waals surface area contributed by atoms with Crippen molar-refractivity contribution in [2.75, 3.05) is 7.11 Å². The average Bonchev–Trinajstić information content (AvgIpc) is 2.54. The molecule has 2 rings (SSSR count). The number of aryl methyl sites for hydroxylation is 1. The highest BCUT2D eigenvalue weighted by molar-refractivity contribution is 5.89. The van der Waals surface area contributed by atoms with Crippen LogP contribution in [-0.4, -0.2) is 13.1 Å². The van der Waals surface area contributed by atoms with Crippen LogP contribution in [0.15, 0.2) is 48.5 Å². The molecule has 0 amide bonds. The van der Waals surface area contributed by atoms with E-state index in [4.69, 9.17) is 9.47 Å². The van der Waals surface area contributed by atoms with Gasteiger partial charge >= 0.3 is 5.97 Å². The standard InChI is InChI=1S/C19H22O3/c1-4-6-18(22-17-8-5-7-14(2)13-17)15-9-11-16(12-10-15)19(20)21-3/h5,7-13,18H,4,6H2,1-3H3. The van der Waals surface area contributed by atoms with Crippen LogP contribution in [0.5, 0.6) is 5.75 Å². The number of carbonyl (C=O) groups excluding carboxylic acids is 1. The summed E-state index contributed by atoms with van der Waals surface area (Å²) in [6.07, 6.45) is 1.93. The summed E-state index contributed by atoms with van der Waals surface area (Å²) in [5.74, 6) is 0.550. The van der Waals surface area contributed by atoms with Crippen LogP contribution >= 0.6 is 0 Å². The van der Waals surface area contributed by atoms with Crippen LogP contribution < -0.4 is 4.74 Å². The van der Waals surface area contributed by atoms with Gasteiger partial charge in [0.05, 0.1) is 12.7 Å². The van der Waals surface area contributed by atoms with E-state index in [1.807, 2.05) is 43.3 Å². The molecule has 0 aromatic heterocycles. The molecule has 116 valence electrons. The Kier molecular flexibility index (Phi) is 5.59. The van der Waals surface area contributed by atoms with Gasteiger partial charge in [0.15, 0.2) is 0 Å². The van der Waals surface area contributed by atoms with E-state index in [0.29, 0.717) is 5.56 Å². The first-order chi connectivity index (χ1) is 10.6. The van der Waals surface area contributed by atoms with Gasteiger partial charge in [-0.3, -0.25) is 0 Å². The molecule has 2 aromatic rings. The van der Waals surface area contributed by atoms with Crippen LogP contribution in [0.2, 0.25) is 0 Å². The quantitative estimate of drug-likeness (QED) is 0.725. The van der Waals surface area contributed by atoms with Crippen molar-refractivity contribution in [3.05, 3.63) is 65.2 Å². The molecule has 0 radical (unpaired) electrons. The van der Waals surface area contributed by atoms with Gasteiger partial charge in [-0.15, -0.1) is 0 Å². The van der Waals surface area contributed by atoms with E-state index in [0.717, 1.165) is 24.2 Å². The molecule has 0 aliphatic heterocycles. The maximum Gasteiger partial charge on any atom is 0.337 e. The minimum atomic E-state index is -0.321. The second-order valence-electron chi connectivity index (χ2n) is 5.33. The number of rotatable bonds is 6. The lowest BCUT2D eigenvalue weighted by Crippen LogP contribution is -2.08. The SMILES string of the molecule is CCCC(Oc1cccc(C)c1)c1ccc(C(=O)OC)cc1. The molecule has 0 fully saturated rings. The first kappa shape index (κ1) is 16.1. The maximum absolute atomic E-state index is 11.5. The fourth-order valence-corrected chi connectivity index (χ4v) is 2.36. The Morgan fingerprint density at radius 2 is 1.86 bits per heavy atom. The van der Waals surface area contributed by atoms with E-state index in [-0.39, 0.29) is 12.1 Å². The van der Waals surface area contributed by atoms with Crippen molar-refractivity contribution in [2.24, 2.45) is 0 Å².